The number of hydrogen-bond donors (Lipinski definition) is 1. The summed E-state index contributed by atoms with van der Waals surface area (Å²) >= 11 is 0. The van der Waals surface area contributed by atoms with E-state index in [4.69, 9.17) is 5.73 Å². The van der Waals surface area contributed by atoms with Crippen LogP contribution in [0.3, 0.4) is 0 Å². The summed E-state index contributed by atoms with van der Waals surface area (Å²) in [6.07, 6.45) is -2.42. The first kappa shape index (κ1) is 14.5. The molecular weight excluding hydrogens is 272 g/mol. The van der Waals surface area contributed by atoms with E-state index in [1.54, 1.807) is 6.92 Å². The summed E-state index contributed by atoms with van der Waals surface area (Å²) in [5, 5.41) is 0. The highest BCUT2D eigenvalue weighted by atomic mass is 19.4. The summed E-state index contributed by atoms with van der Waals surface area (Å²) in [6, 6.07) is 3.91. The Hall–Kier alpha value is -1.95. The normalized spacial score (nSPS) is 13.3. The molecule has 0 spiro atoms. The molecule has 106 valence electrons. The van der Waals surface area contributed by atoms with Crippen LogP contribution in [-0.4, -0.2) is 4.98 Å². The third-order valence-electron chi connectivity index (χ3n) is 3.05. The number of halogens is 4. The average Bonchev–Trinajstić information content (AvgIpc) is 2.40. The summed E-state index contributed by atoms with van der Waals surface area (Å²) in [4.78, 5) is 3.67. The Morgan fingerprint density at radius 1 is 1.20 bits per heavy atom. The van der Waals surface area contributed by atoms with E-state index in [1.165, 1.54) is 12.1 Å². The van der Waals surface area contributed by atoms with E-state index in [2.05, 4.69) is 4.98 Å². The van der Waals surface area contributed by atoms with Crippen LogP contribution in [0.15, 0.2) is 36.7 Å². The molecule has 0 aliphatic carbocycles. The van der Waals surface area contributed by atoms with Crippen molar-refractivity contribution in [3.63, 3.8) is 0 Å². The van der Waals surface area contributed by atoms with E-state index in [-0.39, 0.29) is 11.1 Å². The molecule has 2 N–H and O–H groups in total. The molecule has 0 fully saturated rings. The van der Waals surface area contributed by atoms with Crippen LogP contribution in [0.25, 0.3) is 0 Å². The van der Waals surface area contributed by atoms with Crippen LogP contribution >= 0.6 is 0 Å². The van der Waals surface area contributed by atoms with E-state index >= 15 is 0 Å². The Kier molecular flexibility index (Phi) is 3.76. The first-order valence-corrected chi connectivity index (χ1v) is 5.83. The number of aromatic nitrogens is 1. The molecular formula is C14H12F4N2. The van der Waals surface area contributed by atoms with Gasteiger partial charge in [0.25, 0.3) is 0 Å². The van der Waals surface area contributed by atoms with Gasteiger partial charge in [0.15, 0.2) is 0 Å². The van der Waals surface area contributed by atoms with Crippen molar-refractivity contribution in [3.05, 3.63) is 64.7 Å². The van der Waals surface area contributed by atoms with E-state index in [0.29, 0.717) is 5.56 Å². The maximum atomic E-state index is 13.5. The Bertz CT molecular complexity index is 623. The molecule has 1 atom stereocenters. The maximum Gasteiger partial charge on any atom is 0.416 e. The van der Waals surface area contributed by atoms with Crippen molar-refractivity contribution in [2.24, 2.45) is 5.73 Å². The Morgan fingerprint density at radius 2 is 1.90 bits per heavy atom. The highest BCUT2D eigenvalue weighted by molar-refractivity contribution is 5.37. The van der Waals surface area contributed by atoms with Gasteiger partial charge in [-0.05, 0) is 30.2 Å². The van der Waals surface area contributed by atoms with Gasteiger partial charge in [0, 0.05) is 18.0 Å². The molecule has 2 aromatic rings. The molecule has 0 aliphatic rings. The van der Waals surface area contributed by atoms with Gasteiger partial charge in [0.2, 0.25) is 0 Å². The number of aryl methyl sites for hydroxylation is 1. The van der Waals surface area contributed by atoms with Crippen LogP contribution in [0.4, 0.5) is 17.6 Å². The highest BCUT2D eigenvalue weighted by Crippen LogP contribution is 2.35. The Labute approximate surface area is 113 Å². The Balaban J connectivity index is 2.48. The molecule has 0 radical (unpaired) electrons. The second kappa shape index (κ2) is 5.20. The fourth-order valence-electron chi connectivity index (χ4n) is 1.89. The molecule has 1 heterocycles. The molecule has 2 nitrogen and oxygen atoms in total. The van der Waals surface area contributed by atoms with Gasteiger partial charge in [0.1, 0.15) is 5.82 Å². The van der Waals surface area contributed by atoms with Crippen LogP contribution in [-0.2, 0) is 6.18 Å². The number of alkyl halides is 3. The molecule has 1 aromatic carbocycles. The molecule has 20 heavy (non-hydrogen) atoms. The SMILES string of the molecule is Cc1ccc(C(N)c2cnccc2C(F)(F)F)cc1F. The lowest BCUT2D eigenvalue weighted by Crippen LogP contribution is -2.19. The molecule has 0 saturated heterocycles. The van der Waals surface area contributed by atoms with Crippen molar-refractivity contribution in [1.29, 1.82) is 0 Å². The zero-order valence-electron chi connectivity index (χ0n) is 10.6. The maximum absolute atomic E-state index is 13.5. The van der Waals surface area contributed by atoms with Gasteiger partial charge in [-0.3, -0.25) is 4.98 Å². The van der Waals surface area contributed by atoms with Crippen molar-refractivity contribution in [2.45, 2.75) is 19.1 Å². The predicted octanol–water partition coefficient (Wildman–Crippen LogP) is 3.60. The van der Waals surface area contributed by atoms with E-state index in [0.717, 1.165) is 24.5 Å². The number of pyridine rings is 1. The topological polar surface area (TPSA) is 38.9 Å². The summed E-state index contributed by atoms with van der Waals surface area (Å²) in [6.45, 7) is 1.57. The first-order chi connectivity index (χ1) is 9.30. The molecule has 0 aliphatic heterocycles. The van der Waals surface area contributed by atoms with Gasteiger partial charge in [-0.15, -0.1) is 0 Å². The van der Waals surface area contributed by atoms with Gasteiger partial charge in [0.05, 0.1) is 11.6 Å². The molecule has 0 amide bonds. The van der Waals surface area contributed by atoms with Gasteiger partial charge < -0.3 is 5.73 Å². The van der Waals surface area contributed by atoms with Crippen molar-refractivity contribution in [1.82, 2.24) is 4.98 Å². The Morgan fingerprint density at radius 3 is 2.50 bits per heavy atom. The number of hydrogen-bond acceptors (Lipinski definition) is 2. The number of rotatable bonds is 2. The molecule has 1 unspecified atom stereocenters. The lowest BCUT2D eigenvalue weighted by atomic mass is 9.96. The monoisotopic (exact) mass is 284 g/mol. The van der Waals surface area contributed by atoms with Crippen molar-refractivity contribution in [3.8, 4) is 0 Å². The smallest absolute Gasteiger partial charge is 0.320 e. The summed E-state index contributed by atoms with van der Waals surface area (Å²) < 4.78 is 52.2. The van der Waals surface area contributed by atoms with Crippen LogP contribution < -0.4 is 5.73 Å². The zero-order chi connectivity index (χ0) is 14.9. The average molecular weight is 284 g/mol. The lowest BCUT2D eigenvalue weighted by Gasteiger charge is -2.18. The summed E-state index contributed by atoms with van der Waals surface area (Å²) in [7, 11) is 0. The second-order valence-corrected chi connectivity index (χ2v) is 4.45. The summed E-state index contributed by atoms with van der Waals surface area (Å²) in [5.41, 5.74) is 5.46. The molecule has 1 aromatic heterocycles. The van der Waals surface area contributed by atoms with E-state index in [1.807, 2.05) is 0 Å². The number of benzene rings is 1. The first-order valence-electron chi connectivity index (χ1n) is 5.83. The van der Waals surface area contributed by atoms with Crippen molar-refractivity contribution in [2.75, 3.05) is 0 Å². The van der Waals surface area contributed by atoms with Crippen LogP contribution in [0, 0.1) is 12.7 Å². The molecule has 0 saturated carbocycles. The highest BCUT2D eigenvalue weighted by Gasteiger charge is 2.34. The largest absolute Gasteiger partial charge is 0.416 e. The van der Waals surface area contributed by atoms with Gasteiger partial charge in [-0.2, -0.15) is 13.2 Å². The van der Waals surface area contributed by atoms with Crippen molar-refractivity contribution < 1.29 is 17.6 Å². The van der Waals surface area contributed by atoms with Crippen molar-refractivity contribution >= 4 is 0 Å². The fraction of sp³-hybridized carbons (Fsp3) is 0.214. The minimum absolute atomic E-state index is 0.178. The van der Waals surface area contributed by atoms with Gasteiger partial charge in [-0.1, -0.05) is 12.1 Å². The van der Waals surface area contributed by atoms with Gasteiger partial charge >= 0.3 is 6.18 Å². The van der Waals surface area contributed by atoms with Crippen LogP contribution in [0.2, 0.25) is 0 Å². The molecule has 0 bridgehead atoms. The minimum atomic E-state index is -4.53. The standard InChI is InChI=1S/C14H12F4N2/c1-8-2-3-9(6-12(8)15)13(19)10-7-20-5-4-11(10)14(16,17)18/h2-7,13H,19H2,1H3. The second-order valence-electron chi connectivity index (χ2n) is 4.45. The lowest BCUT2D eigenvalue weighted by molar-refractivity contribution is -0.138. The quantitative estimate of drug-likeness (QED) is 0.856. The predicted molar refractivity (Wildman–Crippen MR) is 66.4 cm³/mol. The fourth-order valence-corrected chi connectivity index (χ4v) is 1.89. The number of nitrogens with zero attached hydrogens (tertiary/aromatic N) is 1. The third-order valence-corrected chi connectivity index (χ3v) is 3.05. The number of nitrogens with two attached hydrogens (primary N) is 1. The zero-order valence-corrected chi connectivity index (χ0v) is 10.6. The van der Waals surface area contributed by atoms with E-state index < -0.39 is 23.6 Å². The van der Waals surface area contributed by atoms with Gasteiger partial charge in [-0.25, -0.2) is 4.39 Å². The van der Waals surface area contributed by atoms with E-state index in [9.17, 15) is 17.6 Å². The molecule has 6 heteroatoms. The minimum Gasteiger partial charge on any atom is -0.320 e. The van der Waals surface area contributed by atoms with Crippen LogP contribution in [0.5, 0.6) is 0 Å². The molecule has 2 rings (SSSR count). The summed E-state index contributed by atoms with van der Waals surface area (Å²) in [5.74, 6) is -0.504. The van der Waals surface area contributed by atoms with Crippen LogP contribution in [0.1, 0.15) is 28.3 Å². The third kappa shape index (κ3) is 2.80.